The SMILES string of the molecule is CCOCc1cccc(COCC)c1Br. The molecule has 0 amide bonds. The van der Waals surface area contributed by atoms with Gasteiger partial charge in [-0.2, -0.15) is 0 Å². The predicted octanol–water partition coefficient (Wildman–Crippen LogP) is 3.52. The van der Waals surface area contributed by atoms with Gasteiger partial charge in [-0.1, -0.05) is 34.1 Å². The first-order chi connectivity index (χ1) is 7.29. The summed E-state index contributed by atoms with van der Waals surface area (Å²) in [7, 11) is 0. The molecule has 1 aromatic rings. The van der Waals surface area contributed by atoms with Crippen molar-refractivity contribution < 1.29 is 9.47 Å². The zero-order chi connectivity index (χ0) is 11.1. The van der Waals surface area contributed by atoms with Gasteiger partial charge in [0.25, 0.3) is 0 Å². The van der Waals surface area contributed by atoms with E-state index in [0.29, 0.717) is 13.2 Å². The highest BCUT2D eigenvalue weighted by Crippen LogP contribution is 2.23. The van der Waals surface area contributed by atoms with E-state index in [9.17, 15) is 0 Å². The lowest BCUT2D eigenvalue weighted by atomic mass is 10.1. The van der Waals surface area contributed by atoms with E-state index >= 15 is 0 Å². The fraction of sp³-hybridized carbons (Fsp3) is 0.500. The van der Waals surface area contributed by atoms with Crippen molar-refractivity contribution in [3.05, 3.63) is 33.8 Å². The van der Waals surface area contributed by atoms with Crippen molar-refractivity contribution in [2.24, 2.45) is 0 Å². The van der Waals surface area contributed by atoms with Crippen molar-refractivity contribution in [2.45, 2.75) is 27.1 Å². The summed E-state index contributed by atoms with van der Waals surface area (Å²) in [6, 6.07) is 6.16. The highest BCUT2D eigenvalue weighted by molar-refractivity contribution is 9.10. The van der Waals surface area contributed by atoms with Gasteiger partial charge >= 0.3 is 0 Å². The van der Waals surface area contributed by atoms with Gasteiger partial charge < -0.3 is 9.47 Å². The zero-order valence-corrected chi connectivity index (χ0v) is 10.8. The van der Waals surface area contributed by atoms with Gasteiger partial charge in [-0.05, 0) is 25.0 Å². The topological polar surface area (TPSA) is 18.5 Å². The first kappa shape index (κ1) is 12.7. The Bertz CT molecular complexity index is 273. The molecule has 15 heavy (non-hydrogen) atoms. The van der Waals surface area contributed by atoms with Gasteiger partial charge in [0, 0.05) is 17.7 Å². The van der Waals surface area contributed by atoms with Crippen LogP contribution in [-0.2, 0) is 22.7 Å². The Kier molecular flexibility index (Phi) is 5.91. The predicted molar refractivity (Wildman–Crippen MR) is 64.8 cm³/mol. The van der Waals surface area contributed by atoms with Gasteiger partial charge in [-0.25, -0.2) is 0 Å². The minimum absolute atomic E-state index is 0.650. The van der Waals surface area contributed by atoms with Crippen molar-refractivity contribution in [1.29, 1.82) is 0 Å². The molecule has 3 heteroatoms. The normalized spacial score (nSPS) is 10.6. The number of benzene rings is 1. The molecule has 0 N–H and O–H groups in total. The van der Waals surface area contributed by atoms with E-state index in [-0.39, 0.29) is 0 Å². The van der Waals surface area contributed by atoms with Crippen LogP contribution < -0.4 is 0 Å². The van der Waals surface area contributed by atoms with Gasteiger partial charge in [0.2, 0.25) is 0 Å². The van der Waals surface area contributed by atoms with Crippen LogP contribution in [0, 0.1) is 0 Å². The molecule has 84 valence electrons. The van der Waals surface area contributed by atoms with E-state index in [2.05, 4.69) is 28.1 Å². The first-order valence-corrected chi connectivity index (χ1v) is 6.00. The Morgan fingerprint density at radius 3 is 1.87 bits per heavy atom. The average Bonchev–Trinajstić information content (AvgIpc) is 2.26. The van der Waals surface area contributed by atoms with Crippen LogP contribution in [-0.4, -0.2) is 13.2 Å². The van der Waals surface area contributed by atoms with Crippen LogP contribution >= 0.6 is 15.9 Å². The quantitative estimate of drug-likeness (QED) is 0.789. The van der Waals surface area contributed by atoms with Crippen molar-refractivity contribution in [3.8, 4) is 0 Å². The van der Waals surface area contributed by atoms with Gasteiger partial charge in [0.15, 0.2) is 0 Å². The molecule has 2 nitrogen and oxygen atoms in total. The molecule has 0 aliphatic carbocycles. The molecule has 0 bridgehead atoms. The van der Waals surface area contributed by atoms with Gasteiger partial charge in [-0.3, -0.25) is 0 Å². The summed E-state index contributed by atoms with van der Waals surface area (Å²) >= 11 is 3.58. The third kappa shape index (κ3) is 3.93. The second-order valence-electron chi connectivity index (χ2n) is 3.16. The number of halogens is 1. The van der Waals surface area contributed by atoms with E-state index in [0.717, 1.165) is 17.7 Å². The molecule has 0 aromatic heterocycles. The van der Waals surface area contributed by atoms with Crippen molar-refractivity contribution in [2.75, 3.05) is 13.2 Å². The minimum Gasteiger partial charge on any atom is -0.377 e. The molecule has 0 aliphatic rings. The molecular weight excluding hydrogens is 256 g/mol. The molecule has 0 unspecified atom stereocenters. The molecule has 0 spiro atoms. The van der Waals surface area contributed by atoms with E-state index in [1.54, 1.807) is 0 Å². The second kappa shape index (κ2) is 6.99. The summed E-state index contributed by atoms with van der Waals surface area (Å²) in [5.41, 5.74) is 2.35. The van der Waals surface area contributed by atoms with Crippen molar-refractivity contribution >= 4 is 15.9 Å². The molecular formula is C12H17BrO2. The lowest BCUT2D eigenvalue weighted by molar-refractivity contribution is 0.129. The van der Waals surface area contributed by atoms with Crippen molar-refractivity contribution in [1.82, 2.24) is 0 Å². The largest absolute Gasteiger partial charge is 0.377 e. The summed E-state index contributed by atoms with van der Waals surface area (Å²) in [6.07, 6.45) is 0. The van der Waals surface area contributed by atoms with Gasteiger partial charge in [0.05, 0.1) is 13.2 Å². The van der Waals surface area contributed by atoms with E-state index in [1.807, 2.05) is 19.9 Å². The first-order valence-electron chi connectivity index (χ1n) is 5.21. The van der Waals surface area contributed by atoms with Crippen LogP contribution in [0.1, 0.15) is 25.0 Å². The monoisotopic (exact) mass is 272 g/mol. The van der Waals surface area contributed by atoms with Crippen LogP contribution in [0.5, 0.6) is 0 Å². The highest BCUT2D eigenvalue weighted by Gasteiger charge is 2.05. The number of hydrogen-bond acceptors (Lipinski definition) is 2. The van der Waals surface area contributed by atoms with Crippen LogP contribution in [0.3, 0.4) is 0 Å². The van der Waals surface area contributed by atoms with E-state index in [1.165, 1.54) is 11.1 Å². The maximum absolute atomic E-state index is 5.39. The molecule has 1 aromatic carbocycles. The van der Waals surface area contributed by atoms with Gasteiger partial charge in [-0.15, -0.1) is 0 Å². The van der Waals surface area contributed by atoms with Gasteiger partial charge in [0.1, 0.15) is 0 Å². The smallest absolute Gasteiger partial charge is 0.0727 e. The molecule has 0 saturated heterocycles. The Morgan fingerprint density at radius 1 is 1.00 bits per heavy atom. The molecule has 1 rings (SSSR count). The molecule has 0 heterocycles. The number of rotatable bonds is 6. The highest BCUT2D eigenvalue weighted by atomic mass is 79.9. The third-order valence-electron chi connectivity index (χ3n) is 2.08. The van der Waals surface area contributed by atoms with Crippen LogP contribution in [0.25, 0.3) is 0 Å². The van der Waals surface area contributed by atoms with E-state index in [4.69, 9.17) is 9.47 Å². The fourth-order valence-electron chi connectivity index (χ4n) is 1.28. The number of hydrogen-bond donors (Lipinski definition) is 0. The molecule has 0 fully saturated rings. The molecule has 0 saturated carbocycles. The Balaban J connectivity index is 2.71. The Labute approximate surface area is 99.7 Å². The maximum atomic E-state index is 5.39. The van der Waals surface area contributed by atoms with Crippen LogP contribution in [0.15, 0.2) is 22.7 Å². The summed E-state index contributed by atoms with van der Waals surface area (Å²) in [4.78, 5) is 0. The average molecular weight is 273 g/mol. The third-order valence-corrected chi connectivity index (χ3v) is 3.10. The van der Waals surface area contributed by atoms with Crippen molar-refractivity contribution in [3.63, 3.8) is 0 Å². The number of ether oxygens (including phenoxy) is 2. The summed E-state index contributed by atoms with van der Waals surface area (Å²) in [5, 5.41) is 0. The second-order valence-corrected chi connectivity index (χ2v) is 3.96. The van der Waals surface area contributed by atoms with Crippen LogP contribution in [0.2, 0.25) is 0 Å². The minimum atomic E-state index is 0.650. The molecule has 0 radical (unpaired) electrons. The van der Waals surface area contributed by atoms with E-state index < -0.39 is 0 Å². The zero-order valence-electron chi connectivity index (χ0n) is 9.25. The van der Waals surface area contributed by atoms with Crippen LogP contribution in [0.4, 0.5) is 0 Å². The molecule has 0 atom stereocenters. The molecule has 0 aliphatic heterocycles. The summed E-state index contributed by atoms with van der Waals surface area (Å²) in [5.74, 6) is 0. The summed E-state index contributed by atoms with van der Waals surface area (Å²) < 4.78 is 11.9. The fourth-order valence-corrected chi connectivity index (χ4v) is 1.77. The summed E-state index contributed by atoms with van der Waals surface area (Å²) in [6.45, 7) is 6.77. The lowest BCUT2D eigenvalue weighted by Gasteiger charge is -2.09. The lowest BCUT2D eigenvalue weighted by Crippen LogP contribution is -1.98. The Hall–Kier alpha value is -0.380. The standard InChI is InChI=1S/C12H17BrO2/c1-3-14-8-10-6-5-7-11(12(10)13)9-15-4-2/h5-7H,3-4,8-9H2,1-2H3. The Morgan fingerprint density at radius 2 is 1.47 bits per heavy atom. The maximum Gasteiger partial charge on any atom is 0.0727 e.